The van der Waals surface area contributed by atoms with Crippen molar-refractivity contribution in [1.29, 1.82) is 0 Å². The molecule has 140 valence electrons. The zero-order valence-corrected chi connectivity index (χ0v) is 16.0. The van der Waals surface area contributed by atoms with Gasteiger partial charge in [-0.15, -0.1) is 11.3 Å². The molecule has 0 bridgehead atoms. The molecule has 2 aromatic heterocycles. The van der Waals surface area contributed by atoms with Gasteiger partial charge in [0.15, 0.2) is 0 Å². The number of aromatic nitrogens is 3. The first kappa shape index (κ1) is 17.7. The fourth-order valence-electron chi connectivity index (χ4n) is 3.20. The van der Waals surface area contributed by atoms with Crippen molar-refractivity contribution in [1.82, 2.24) is 24.6 Å². The number of hydrogen-bond donors (Lipinski definition) is 1. The summed E-state index contributed by atoms with van der Waals surface area (Å²) in [4.78, 5) is 21.4. The number of anilines is 1. The molecule has 1 N–H and O–H groups in total. The van der Waals surface area contributed by atoms with E-state index in [0.717, 1.165) is 41.7 Å². The Morgan fingerprint density at radius 3 is 2.70 bits per heavy atom. The van der Waals surface area contributed by atoms with Crippen molar-refractivity contribution in [3.8, 4) is 5.69 Å². The van der Waals surface area contributed by atoms with Crippen LogP contribution in [0.2, 0.25) is 0 Å². The molecule has 0 unspecified atom stereocenters. The maximum atomic E-state index is 12.7. The van der Waals surface area contributed by atoms with E-state index in [1.807, 2.05) is 48.4 Å². The van der Waals surface area contributed by atoms with Gasteiger partial charge in [0.05, 0.1) is 22.1 Å². The van der Waals surface area contributed by atoms with Gasteiger partial charge in [-0.05, 0) is 25.1 Å². The second-order valence-corrected chi connectivity index (χ2v) is 7.58. The average Bonchev–Trinajstić information content (AvgIpc) is 3.35. The zero-order chi connectivity index (χ0) is 18.6. The summed E-state index contributed by atoms with van der Waals surface area (Å²) in [7, 11) is 0. The topological polar surface area (TPSA) is 66.3 Å². The monoisotopic (exact) mass is 382 g/mol. The Hall–Kier alpha value is -2.71. The molecule has 0 spiro atoms. The van der Waals surface area contributed by atoms with Gasteiger partial charge in [0.1, 0.15) is 0 Å². The number of nitrogens with zero attached hydrogens (tertiary/aromatic N) is 5. The molecule has 3 aromatic rings. The van der Waals surface area contributed by atoms with Crippen LogP contribution in [-0.4, -0.2) is 56.8 Å². The van der Waals surface area contributed by atoms with Gasteiger partial charge in [-0.2, -0.15) is 5.10 Å². The summed E-state index contributed by atoms with van der Waals surface area (Å²) in [5.41, 5.74) is 2.73. The van der Waals surface area contributed by atoms with Gasteiger partial charge >= 0.3 is 6.03 Å². The van der Waals surface area contributed by atoms with Crippen molar-refractivity contribution in [2.24, 2.45) is 0 Å². The molecule has 1 saturated heterocycles. The van der Waals surface area contributed by atoms with E-state index in [0.29, 0.717) is 13.1 Å². The molecular formula is C19H22N6OS. The molecule has 1 fully saturated rings. The van der Waals surface area contributed by atoms with Crippen molar-refractivity contribution >= 4 is 23.1 Å². The summed E-state index contributed by atoms with van der Waals surface area (Å²) < 4.78 is 1.75. The molecule has 2 amide bonds. The van der Waals surface area contributed by atoms with Gasteiger partial charge in [-0.1, -0.05) is 12.1 Å². The van der Waals surface area contributed by atoms with Crippen LogP contribution in [0, 0.1) is 6.92 Å². The number of nitrogens with one attached hydrogen (secondary N) is 1. The fourth-order valence-corrected chi connectivity index (χ4v) is 3.81. The predicted octanol–water partition coefficient (Wildman–Crippen LogP) is 2.99. The summed E-state index contributed by atoms with van der Waals surface area (Å²) in [5, 5.41) is 10.5. The Kier molecular flexibility index (Phi) is 5.17. The number of carbonyl (C=O) groups is 1. The maximum absolute atomic E-state index is 12.7. The van der Waals surface area contributed by atoms with Crippen LogP contribution < -0.4 is 5.32 Å². The standard InChI is InChI=1S/C19H22N6OS/c1-15-21-16(14-27-15)13-23-9-11-24(12-10-23)19(26)22-17-5-2-3-6-18(17)25-8-4-7-20-25/h2-8,14H,9-13H2,1H3,(H,22,26). The minimum Gasteiger partial charge on any atom is -0.322 e. The summed E-state index contributed by atoms with van der Waals surface area (Å²) in [6.45, 7) is 5.99. The second-order valence-electron chi connectivity index (χ2n) is 6.52. The first-order valence-electron chi connectivity index (χ1n) is 8.97. The normalized spacial score (nSPS) is 15.1. The number of benzene rings is 1. The van der Waals surface area contributed by atoms with Gasteiger partial charge in [-0.25, -0.2) is 14.5 Å². The third-order valence-electron chi connectivity index (χ3n) is 4.61. The highest BCUT2D eigenvalue weighted by Crippen LogP contribution is 2.20. The fraction of sp³-hybridized carbons (Fsp3) is 0.316. The summed E-state index contributed by atoms with van der Waals surface area (Å²) in [6, 6.07) is 9.48. The third kappa shape index (κ3) is 4.17. The lowest BCUT2D eigenvalue weighted by Gasteiger charge is -2.34. The van der Waals surface area contributed by atoms with E-state index in [1.165, 1.54) is 0 Å². The van der Waals surface area contributed by atoms with E-state index in [-0.39, 0.29) is 6.03 Å². The van der Waals surface area contributed by atoms with Crippen LogP contribution in [0.4, 0.5) is 10.5 Å². The SMILES string of the molecule is Cc1nc(CN2CCN(C(=O)Nc3ccccc3-n3cccn3)CC2)cs1. The first-order valence-corrected chi connectivity index (χ1v) is 9.85. The molecule has 0 radical (unpaired) electrons. The molecule has 3 heterocycles. The Morgan fingerprint density at radius 2 is 2.00 bits per heavy atom. The molecule has 27 heavy (non-hydrogen) atoms. The van der Waals surface area contributed by atoms with E-state index in [1.54, 1.807) is 22.2 Å². The Bertz CT molecular complexity index is 899. The highest BCUT2D eigenvalue weighted by molar-refractivity contribution is 7.09. The minimum atomic E-state index is -0.0706. The number of thiazole rings is 1. The quantitative estimate of drug-likeness (QED) is 0.753. The Labute approximate surface area is 162 Å². The van der Waals surface area contributed by atoms with Crippen LogP contribution in [0.3, 0.4) is 0 Å². The lowest BCUT2D eigenvalue weighted by Crippen LogP contribution is -2.49. The second kappa shape index (κ2) is 7.89. The molecule has 4 rings (SSSR count). The average molecular weight is 382 g/mol. The van der Waals surface area contributed by atoms with Gasteiger partial charge in [0.25, 0.3) is 0 Å². The molecule has 0 atom stereocenters. The molecule has 1 aromatic carbocycles. The smallest absolute Gasteiger partial charge is 0.321 e. The largest absolute Gasteiger partial charge is 0.322 e. The van der Waals surface area contributed by atoms with E-state index in [2.05, 4.69) is 25.7 Å². The van der Waals surface area contributed by atoms with Crippen molar-refractivity contribution in [3.05, 3.63) is 58.8 Å². The van der Waals surface area contributed by atoms with Crippen molar-refractivity contribution in [3.63, 3.8) is 0 Å². The van der Waals surface area contributed by atoms with E-state index < -0.39 is 0 Å². The van der Waals surface area contributed by atoms with Gasteiger partial charge in [0.2, 0.25) is 0 Å². The van der Waals surface area contributed by atoms with Gasteiger partial charge in [-0.3, -0.25) is 4.90 Å². The van der Waals surface area contributed by atoms with Gasteiger partial charge in [0, 0.05) is 50.5 Å². The van der Waals surface area contributed by atoms with Gasteiger partial charge < -0.3 is 10.2 Å². The van der Waals surface area contributed by atoms with Crippen molar-refractivity contribution < 1.29 is 4.79 Å². The highest BCUT2D eigenvalue weighted by Gasteiger charge is 2.22. The van der Waals surface area contributed by atoms with Crippen molar-refractivity contribution in [2.45, 2.75) is 13.5 Å². The number of piperazine rings is 1. The highest BCUT2D eigenvalue weighted by atomic mass is 32.1. The van der Waals surface area contributed by atoms with Crippen LogP contribution in [0.25, 0.3) is 5.69 Å². The molecule has 1 aliphatic heterocycles. The first-order chi connectivity index (χ1) is 13.2. The van der Waals surface area contributed by atoms with Crippen LogP contribution in [-0.2, 0) is 6.54 Å². The number of amides is 2. The summed E-state index contributed by atoms with van der Waals surface area (Å²) in [6.07, 6.45) is 3.59. The maximum Gasteiger partial charge on any atom is 0.321 e. The molecule has 0 saturated carbocycles. The number of aryl methyl sites for hydroxylation is 1. The Balaban J connectivity index is 1.35. The molecular weight excluding hydrogens is 360 g/mol. The van der Waals surface area contributed by atoms with Crippen LogP contribution in [0.5, 0.6) is 0 Å². The molecule has 0 aliphatic carbocycles. The summed E-state index contributed by atoms with van der Waals surface area (Å²) >= 11 is 1.68. The zero-order valence-electron chi connectivity index (χ0n) is 15.2. The number of rotatable bonds is 4. The number of carbonyl (C=O) groups excluding carboxylic acids is 1. The molecule has 8 heteroatoms. The molecule has 1 aliphatic rings. The third-order valence-corrected chi connectivity index (χ3v) is 5.43. The van der Waals surface area contributed by atoms with E-state index in [4.69, 9.17) is 0 Å². The molecule has 7 nitrogen and oxygen atoms in total. The van der Waals surface area contributed by atoms with E-state index >= 15 is 0 Å². The number of urea groups is 1. The summed E-state index contributed by atoms with van der Waals surface area (Å²) in [5.74, 6) is 0. The van der Waals surface area contributed by atoms with Crippen LogP contribution in [0.15, 0.2) is 48.1 Å². The lowest BCUT2D eigenvalue weighted by atomic mass is 10.2. The van der Waals surface area contributed by atoms with E-state index in [9.17, 15) is 4.79 Å². The number of hydrogen-bond acceptors (Lipinski definition) is 5. The Morgan fingerprint density at radius 1 is 1.19 bits per heavy atom. The predicted molar refractivity (Wildman–Crippen MR) is 106 cm³/mol. The lowest BCUT2D eigenvalue weighted by molar-refractivity contribution is 0.142. The van der Waals surface area contributed by atoms with Crippen LogP contribution >= 0.6 is 11.3 Å². The number of para-hydroxylation sites is 2. The van der Waals surface area contributed by atoms with Crippen molar-refractivity contribution in [2.75, 3.05) is 31.5 Å². The van der Waals surface area contributed by atoms with Crippen LogP contribution in [0.1, 0.15) is 10.7 Å². The minimum absolute atomic E-state index is 0.0706.